The predicted molar refractivity (Wildman–Crippen MR) is 68.9 cm³/mol. The van der Waals surface area contributed by atoms with Crippen molar-refractivity contribution in [1.82, 2.24) is 4.98 Å². The van der Waals surface area contributed by atoms with Gasteiger partial charge in [0.2, 0.25) is 0 Å². The molecule has 1 aliphatic carbocycles. The summed E-state index contributed by atoms with van der Waals surface area (Å²) in [6, 6.07) is 4.20. The molecule has 3 nitrogen and oxygen atoms in total. The predicted octanol–water partition coefficient (Wildman–Crippen LogP) is 2.89. The first-order chi connectivity index (χ1) is 8.26. The molecule has 1 fully saturated rings. The molecule has 0 aliphatic heterocycles. The second-order valence-electron chi connectivity index (χ2n) is 4.83. The third-order valence-corrected chi connectivity index (χ3v) is 3.22. The molecule has 90 valence electrons. The Morgan fingerprint density at radius 3 is 2.88 bits per heavy atom. The van der Waals surface area contributed by atoms with Crippen molar-refractivity contribution in [2.45, 2.75) is 33.1 Å². The maximum Gasteiger partial charge on any atom is 0.146 e. The van der Waals surface area contributed by atoms with Gasteiger partial charge < -0.3 is 4.90 Å². The van der Waals surface area contributed by atoms with E-state index in [-0.39, 0.29) is 0 Å². The monoisotopic (exact) mass is 229 g/mol. The van der Waals surface area contributed by atoms with Crippen molar-refractivity contribution in [1.29, 1.82) is 5.26 Å². The zero-order chi connectivity index (χ0) is 12.3. The first-order valence-corrected chi connectivity index (χ1v) is 6.37. The average Bonchev–Trinajstić information content (AvgIpc) is 3.12. The molecule has 0 atom stereocenters. The van der Waals surface area contributed by atoms with E-state index in [4.69, 9.17) is 0 Å². The number of hydrogen-bond donors (Lipinski definition) is 0. The fourth-order valence-corrected chi connectivity index (χ4v) is 2.09. The van der Waals surface area contributed by atoms with E-state index in [2.05, 4.69) is 22.9 Å². The molecule has 3 heteroatoms. The molecule has 1 saturated carbocycles. The van der Waals surface area contributed by atoms with Crippen LogP contribution in [0.15, 0.2) is 12.3 Å². The van der Waals surface area contributed by atoms with Crippen LogP contribution in [-0.2, 0) is 0 Å². The van der Waals surface area contributed by atoms with Crippen molar-refractivity contribution in [2.24, 2.45) is 5.92 Å². The summed E-state index contributed by atoms with van der Waals surface area (Å²) < 4.78 is 0. The maximum atomic E-state index is 9.25. The lowest BCUT2D eigenvalue weighted by atomic mass is 10.1. The average molecular weight is 229 g/mol. The Bertz CT molecular complexity index is 430. The molecule has 1 aliphatic rings. The zero-order valence-corrected chi connectivity index (χ0v) is 10.6. The van der Waals surface area contributed by atoms with Crippen LogP contribution in [0.25, 0.3) is 0 Å². The van der Waals surface area contributed by atoms with Gasteiger partial charge in [0.15, 0.2) is 0 Å². The van der Waals surface area contributed by atoms with Crippen LogP contribution in [0.5, 0.6) is 0 Å². The van der Waals surface area contributed by atoms with E-state index < -0.39 is 0 Å². The lowest BCUT2D eigenvalue weighted by Crippen LogP contribution is -2.28. The Morgan fingerprint density at radius 1 is 1.53 bits per heavy atom. The van der Waals surface area contributed by atoms with Gasteiger partial charge in [0, 0.05) is 19.3 Å². The fourth-order valence-electron chi connectivity index (χ4n) is 2.09. The van der Waals surface area contributed by atoms with Gasteiger partial charge in [-0.1, -0.05) is 6.92 Å². The highest BCUT2D eigenvalue weighted by Gasteiger charge is 2.25. The maximum absolute atomic E-state index is 9.25. The molecule has 0 N–H and O–H groups in total. The molecule has 0 spiro atoms. The highest BCUT2D eigenvalue weighted by atomic mass is 15.2. The Morgan fingerprint density at radius 2 is 2.29 bits per heavy atom. The number of pyridine rings is 1. The molecule has 0 amide bonds. The first-order valence-electron chi connectivity index (χ1n) is 6.37. The van der Waals surface area contributed by atoms with E-state index >= 15 is 0 Å². The minimum Gasteiger partial charge on any atom is -0.355 e. The smallest absolute Gasteiger partial charge is 0.146 e. The van der Waals surface area contributed by atoms with Gasteiger partial charge in [-0.3, -0.25) is 0 Å². The molecular weight excluding hydrogens is 210 g/mol. The van der Waals surface area contributed by atoms with Crippen LogP contribution >= 0.6 is 0 Å². The van der Waals surface area contributed by atoms with E-state index in [0.717, 1.165) is 42.4 Å². The van der Waals surface area contributed by atoms with Gasteiger partial charge in [-0.05, 0) is 43.7 Å². The van der Waals surface area contributed by atoms with Crippen molar-refractivity contribution in [2.75, 3.05) is 18.0 Å². The highest BCUT2D eigenvalue weighted by Crippen LogP contribution is 2.32. The van der Waals surface area contributed by atoms with Gasteiger partial charge in [-0.15, -0.1) is 0 Å². The second kappa shape index (κ2) is 5.18. The molecule has 0 radical (unpaired) electrons. The van der Waals surface area contributed by atoms with Gasteiger partial charge >= 0.3 is 0 Å². The molecule has 0 unspecified atom stereocenters. The summed E-state index contributed by atoms with van der Waals surface area (Å²) in [5.74, 6) is 1.69. The van der Waals surface area contributed by atoms with Gasteiger partial charge in [0.25, 0.3) is 0 Å². The van der Waals surface area contributed by atoms with E-state index in [1.807, 2.05) is 13.0 Å². The summed E-state index contributed by atoms with van der Waals surface area (Å²) >= 11 is 0. The quantitative estimate of drug-likeness (QED) is 0.779. The summed E-state index contributed by atoms with van der Waals surface area (Å²) in [4.78, 5) is 6.69. The summed E-state index contributed by atoms with van der Waals surface area (Å²) in [6.45, 7) is 6.19. The fraction of sp³-hybridized carbons (Fsp3) is 0.571. The Labute approximate surface area is 103 Å². The molecule has 0 saturated heterocycles. The number of rotatable bonds is 5. The van der Waals surface area contributed by atoms with Crippen molar-refractivity contribution < 1.29 is 0 Å². The summed E-state index contributed by atoms with van der Waals surface area (Å²) in [5, 5.41) is 9.25. The third kappa shape index (κ3) is 2.76. The number of nitriles is 1. The van der Waals surface area contributed by atoms with E-state index in [1.54, 1.807) is 6.20 Å². The van der Waals surface area contributed by atoms with Gasteiger partial charge in [0.1, 0.15) is 11.9 Å². The minimum atomic E-state index is 0.738. The summed E-state index contributed by atoms with van der Waals surface area (Å²) in [5.41, 5.74) is 1.76. The highest BCUT2D eigenvalue weighted by molar-refractivity contribution is 5.57. The zero-order valence-electron chi connectivity index (χ0n) is 10.6. The van der Waals surface area contributed by atoms with Gasteiger partial charge in [-0.2, -0.15) is 5.26 Å². The summed E-state index contributed by atoms with van der Waals surface area (Å²) in [6.07, 6.45) is 5.55. The lowest BCUT2D eigenvalue weighted by molar-refractivity contribution is 0.698. The van der Waals surface area contributed by atoms with Crippen LogP contribution in [-0.4, -0.2) is 18.1 Å². The van der Waals surface area contributed by atoms with Crippen LogP contribution in [0.4, 0.5) is 5.82 Å². The molecule has 17 heavy (non-hydrogen) atoms. The normalized spacial score (nSPS) is 14.4. The van der Waals surface area contributed by atoms with Crippen LogP contribution in [0.1, 0.15) is 37.3 Å². The molecule has 1 aromatic rings. The van der Waals surface area contributed by atoms with E-state index in [9.17, 15) is 5.26 Å². The SMILES string of the molecule is CCCN(CC1CC1)c1nccc(C)c1C#N. The largest absolute Gasteiger partial charge is 0.355 e. The van der Waals surface area contributed by atoms with E-state index in [0.29, 0.717) is 0 Å². The molecule has 2 rings (SSSR count). The third-order valence-electron chi connectivity index (χ3n) is 3.22. The minimum absolute atomic E-state index is 0.738. The van der Waals surface area contributed by atoms with Crippen LogP contribution in [0.3, 0.4) is 0 Å². The Kier molecular flexibility index (Phi) is 3.63. The standard InChI is InChI=1S/C14H19N3/c1-3-8-17(10-12-4-5-12)14-13(9-15)11(2)6-7-16-14/h6-7,12H,3-5,8,10H2,1-2H3. The van der Waals surface area contributed by atoms with Crippen LogP contribution in [0.2, 0.25) is 0 Å². The number of anilines is 1. The lowest BCUT2D eigenvalue weighted by Gasteiger charge is -2.24. The number of aryl methyl sites for hydroxylation is 1. The number of hydrogen-bond acceptors (Lipinski definition) is 3. The van der Waals surface area contributed by atoms with Crippen molar-refractivity contribution in [3.05, 3.63) is 23.4 Å². The Balaban J connectivity index is 2.27. The Hall–Kier alpha value is -1.56. The number of nitrogens with zero attached hydrogens (tertiary/aromatic N) is 3. The van der Waals surface area contributed by atoms with E-state index in [1.165, 1.54) is 12.8 Å². The molecule has 1 aromatic heterocycles. The molecule has 1 heterocycles. The molecular formula is C14H19N3. The van der Waals surface area contributed by atoms with Crippen molar-refractivity contribution in [3.63, 3.8) is 0 Å². The second-order valence-corrected chi connectivity index (χ2v) is 4.83. The van der Waals surface area contributed by atoms with Gasteiger partial charge in [-0.25, -0.2) is 4.98 Å². The summed E-state index contributed by atoms with van der Waals surface area (Å²) in [7, 11) is 0. The van der Waals surface area contributed by atoms with Gasteiger partial charge in [0.05, 0.1) is 5.56 Å². The molecule has 0 aromatic carbocycles. The number of aromatic nitrogens is 1. The molecule has 0 bridgehead atoms. The van der Waals surface area contributed by atoms with Crippen molar-refractivity contribution >= 4 is 5.82 Å². The topological polar surface area (TPSA) is 39.9 Å². The first kappa shape index (κ1) is 11.9. The van der Waals surface area contributed by atoms with Crippen LogP contribution in [0, 0.1) is 24.2 Å². The van der Waals surface area contributed by atoms with Crippen molar-refractivity contribution in [3.8, 4) is 6.07 Å². The van der Waals surface area contributed by atoms with Crippen LogP contribution < -0.4 is 4.90 Å².